The Morgan fingerprint density at radius 2 is 2.11 bits per heavy atom. The van der Waals surface area contributed by atoms with Crippen LogP contribution in [0.4, 0.5) is 8.78 Å². The number of carboxylic acids is 1. The second kappa shape index (κ2) is 7.45. The number of aliphatic carboxylic acids is 1. The molecule has 1 atom stereocenters. The van der Waals surface area contributed by atoms with Crippen molar-refractivity contribution in [2.45, 2.75) is 37.2 Å². The lowest BCUT2D eigenvalue weighted by atomic mass is 10.2. The molecule has 0 amide bonds. The molecule has 0 aromatic heterocycles. The lowest BCUT2D eigenvalue weighted by Gasteiger charge is -2.16. The highest BCUT2D eigenvalue weighted by Gasteiger charge is 2.18. The van der Waals surface area contributed by atoms with Gasteiger partial charge in [-0.3, -0.25) is 4.79 Å². The minimum absolute atomic E-state index is 0.0528. The summed E-state index contributed by atoms with van der Waals surface area (Å²) in [5, 5.41) is 11.9. The van der Waals surface area contributed by atoms with Crippen molar-refractivity contribution in [1.82, 2.24) is 5.32 Å². The zero-order chi connectivity index (χ0) is 14.4. The normalized spacial score (nSPS) is 12.7. The van der Waals surface area contributed by atoms with Crippen LogP contribution in [0.5, 0.6) is 0 Å². The first-order valence-corrected chi connectivity index (χ1v) is 6.95. The summed E-state index contributed by atoms with van der Waals surface area (Å²) in [5.74, 6) is -1.53. The molecular formula is C13H17F2NO2S. The van der Waals surface area contributed by atoms with Crippen molar-refractivity contribution in [2.75, 3.05) is 5.75 Å². The zero-order valence-electron chi connectivity index (χ0n) is 10.8. The SMILES string of the molecule is CC(C)NC(CCSc1cc(F)ccc1F)C(=O)O. The fourth-order valence-corrected chi connectivity index (χ4v) is 2.53. The maximum Gasteiger partial charge on any atom is 0.320 e. The van der Waals surface area contributed by atoms with Crippen LogP contribution >= 0.6 is 11.8 Å². The van der Waals surface area contributed by atoms with Crippen LogP contribution in [0, 0.1) is 11.6 Å². The van der Waals surface area contributed by atoms with Gasteiger partial charge in [0.2, 0.25) is 0 Å². The Bertz CT molecular complexity index is 441. The smallest absolute Gasteiger partial charge is 0.320 e. The van der Waals surface area contributed by atoms with E-state index in [0.29, 0.717) is 12.2 Å². The molecule has 2 N–H and O–H groups in total. The summed E-state index contributed by atoms with van der Waals surface area (Å²) in [6.07, 6.45) is 0.341. The molecule has 0 heterocycles. The largest absolute Gasteiger partial charge is 0.480 e. The van der Waals surface area contributed by atoms with Crippen molar-refractivity contribution in [2.24, 2.45) is 0 Å². The molecule has 0 saturated heterocycles. The molecule has 19 heavy (non-hydrogen) atoms. The molecule has 1 aromatic rings. The standard InChI is InChI=1S/C13H17F2NO2S/c1-8(2)16-11(13(17)18)5-6-19-12-7-9(14)3-4-10(12)15/h3-4,7-8,11,16H,5-6H2,1-2H3,(H,17,18). The van der Waals surface area contributed by atoms with Gasteiger partial charge in [-0.1, -0.05) is 13.8 Å². The van der Waals surface area contributed by atoms with Gasteiger partial charge >= 0.3 is 5.97 Å². The monoisotopic (exact) mass is 289 g/mol. The van der Waals surface area contributed by atoms with E-state index in [1.54, 1.807) is 0 Å². The Kier molecular flexibility index (Phi) is 6.24. The van der Waals surface area contributed by atoms with E-state index >= 15 is 0 Å². The number of carboxylic acid groups (broad SMARTS) is 1. The molecular weight excluding hydrogens is 272 g/mol. The summed E-state index contributed by atoms with van der Waals surface area (Å²) in [5.41, 5.74) is 0. The molecule has 0 spiro atoms. The van der Waals surface area contributed by atoms with Gasteiger partial charge in [0.15, 0.2) is 0 Å². The molecule has 0 aliphatic heterocycles. The van der Waals surface area contributed by atoms with Gasteiger partial charge in [-0.25, -0.2) is 8.78 Å². The van der Waals surface area contributed by atoms with Gasteiger partial charge in [0.05, 0.1) is 0 Å². The van der Waals surface area contributed by atoms with Gasteiger partial charge < -0.3 is 10.4 Å². The van der Waals surface area contributed by atoms with E-state index in [9.17, 15) is 13.6 Å². The third-order valence-electron chi connectivity index (χ3n) is 2.39. The molecule has 3 nitrogen and oxygen atoms in total. The molecule has 106 valence electrons. The molecule has 0 aliphatic rings. The summed E-state index contributed by atoms with van der Waals surface area (Å²) in [6, 6.07) is 2.62. The first-order valence-electron chi connectivity index (χ1n) is 5.97. The lowest BCUT2D eigenvalue weighted by Crippen LogP contribution is -2.41. The molecule has 1 unspecified atom stereocenters. The minimum Gasteiger partial charge on any atom is -0.480 e. The van der Waals surface area contributed by atoms with Crippen LogP contribution < -0.4 is 5.32 Å². The third-order valence-corrected chi connectivity index (χ3v) is 3.45. The second-order valence-electron chi connectivity index (χ2n) is 4.42. The van der Waals surface area contributed by atoms with Crippen LogP contribution in [0.2, 0.25) is 0 Å². The highest BCUT2D eigenvalue weighted by atomic mass is 32.2. The van der Waals surface area contributed by atoms with Crippen molar-refractivity contribution in [3.63, 3.8) is 0 Å². The number of hydrogen-bond donors (Lipinski definition) is 2. The van der Waals surface area contributed by atoms with Gasteiger partial charge in [0.25, 0.3) is 0 Å². The maximum atomic E-state index is 13.3. The predicted octanol–water partition coefficient (Wildman–Crippen LogP) is 2.90. The van der Waals surface area contributed by atoms with Gasteiger partial charge in [-0.15, -0.1) is 11.8 Å². The van der Waals surface area contributed by atoms with Gasteiger partial charge in [-0.2, -0.15) is 0 Å². The van der Waals surface area contributed by atoms with E-state index in [-0.39, 0.29) is 10.9 Å². The number of benzene rings is 1. The number of nitrogens with one attached hydrogen (secondary N) is 1. The summed E-state index contributed by atoms with van der Waals surface area (Å²) in [4.78, 5) is 11.2. The van der Waals surface area contributed by atoms with Crippen LogP contribution in [0.15, 0.2) is 23.1 Å². The van der Waals surface area contributed by atoms with Crippen molar-refractivity contribution >= 4 is 17.7 Å². The van der Waals surface area contributed by atoms with Crippen LogP contribution in [0.25, 0.3) is 0 Å². The Balaban J connectivity index is 2.52. The summed E-state index contributed by atoms with van der Waals surface area (Å²) >= 11 is 1.12. The first-order chi connectivity index (χ1) is 8.90. The van der Waals surface area contributed by atoms with E-state index in [1.165, 1.54) is 0 Å². The number of thioether (sulfide) groups is 1. The zero-order valence-corrected chi connectivity index (χ0v) is 11.6. The van der Waals surface area contributed by atoms with E-state index in [0.717, 1.165) is 30.0 Å². The molecule has 0 radical (unpaired) electrons. The van der Waals surface area contributed by atoms with Crippen molar-refractivity contribution < 1.29 is 18.7 Å². The number of hydrogen-bond acceptors (Lipinski definition) is 3. The average Bonchev–Trinajstić information content (AvgIpc) is 2.31. The quantitative estimate of drug-likeness (QED) is 0.758. The Labute approximate surface area is 115 Å². The number of halogens is 2. The maximum absolute atomic E-state index is 13.3. The summed E-state index contributed by atoms with van der Waals surface area (Å²) in [7, 11) is 0. The van der Waals surface area contributed by atoms with Gasteiger partial charge in [0.1, 0.15) is 17.7 Å². The fraction of sp³-hybridized carbons (Fsp3) is 0.462. The summed E-state index contributed by atoms with van der Waals surface area (Å²) < 4.78 is 26.3. The summed E-state index contributed by atoms with van der Waals surface area (Å²) in [6.45, 7) is 3.71. The van der Waals surface area contributed by atoms with Gasteiger partial charge in [0, 0.05) is 16.7 Å². The van der Waals surface area contributed by atoms with Crippen LogP contribution in [0.1, 0.15) is 20.3 Å². The van der Waals surface area contributed by atoms with E-state index in [1.807, 2.05) is 13.8 Å². The van der Waals surface area contributed by atoms with Crippen molar-refractivity contribution in [3.05, 3.63) is 29.8 Å². The lowest BCUT2D eigenvalue weighted by molar-refractivity contribution is -0.139. The number of carbonyl (C=O) groups is 1. The van der Waals surface area contributed by atoms with Crippen LogP contribution in [-0.2, 0) is 4.79 Å². The van der Waals surface area contributed by atoms with Crippen molar-refractivity contribution in [1.29, 1.82) is 0 Å². The molecule has 0 aliphatic carbocycles. The fourth-order valence-electron chi connectivity index (χ4n) is 1.56. The predicted molar refractivity (Wildman–Crippen MR) is 71.4 cm³/mol. The highest BCUT2D eigenvalue weighted by molar-refractivity contribution is 7.99. The van der Waals surface area contributed by atoms with Crippen LogP contribution in [-0.4, -0.2) is 28.9 Å². The Morgan fingerprint density at radius 3 is 2.68 bits per heavy atom. The van der Waals surface area contributed by atoms with Gasteiger partial charge in [-0.05, 0) is 24.6 Å². The molecule has 1 aromatic carbocycles. The molecule has 0 saturated carbocycles. The van der Waals surface area contributed by atoms with E-state index in [2.05, 4.69) is 5.32 Å². The Hall–Kier alpha value is -1.14. The van der Waals surface area contributed by atoms with Crippen molar-refractivity contribution in [3.8, 4) is 0 Å². The second-order valence-corrected chi connectivity index (χ2v) is 5.56. The molecule has 6 heteroatoms. The molecule has 0 bridgehead atoms. The topological polar surface area (TPSA) is 49.3 Å². The number of rotatable bonds is 7. The average molecular weight is 289 g/mol. The third kappa shape index (κ3) is 5.57. The van der Waals surface area contributed by atoms with E-state index < -0.39 is 23.6 Å². The van der Waals surface area contributed by atoms with E-state index in [4.69, 9.17) is 5.11 Å². The first kappa shape index (κ1) is 15.9. The minimum atomic E-state index is -0.936. The Morgan fingerprint density at radius 1 is 1.42 bits per heavy atom. The highest BCUT2D eigenvalue weighted by Crippen LogP contribution is 2.23. The van der Waals surface area contributed by atoms with Crippen LogP contribution in [0.3, 0.4) is 0 Å². The molecule has 0 fully saturated rings. The molecule has 1 rings (SSSR count).